The largest absolute Gasteiger partial charge is 0.279 e. The van der Waals surface area contributed by atoms with Crippen LogP contribution in [0.1, 0.15) is 78.4 Å². The van der Waals surface area contributed by atoms with Gasteiger partial charge in [-0.15, -0.1) is 11.3 Å². The van der Waals surface area contributed by atoms with Crippen LogP contribution < -0.4 is 10.9 Å². The first-order chi connectivity index (χ1) is 13.0. The number of hydrazine groups is 1. The van der Waals surface area contributed by atoms with Gasteiger partial charge in [-0.1, -0.05) is 6.92 Å². The quantitative estimate of drug-likeness (QED) is 0.764. The van der Waals surface area contributed by atoms with Crippen molar-refractivity contribution >= 4 is 23.2 Å². The summed E-state index contributed by atoms with van der Waals surface area (Å²) in [5, 5.41) is 0. The molecule has 6 rings (SSSR count). The minimum atomic E-state index is -0.166. The Balaban J connectivity index is 1.17. The number of carbonyl (C=O) groups excluding carboxylic acids is 2. The van der Waals surface area contributed by atoms with Crippen LogP contribution in [0.15, 0.2) is 6.07 Å². The van der Waals surface area contributed by atoms with Gasteiger partial charge in [-0.05, 0) is 98.5 Å². The van der Waals surface area contributed by atoms with Crippen molar-refractivity contribution in [2.24, 2.45) is 29.1 Å². The highest BCUT2D eigenvalue weighted by Gasteiger charge is 2.51. The predicted molar refractivity (Wildman–Crippen MR) is 106 cm³/mol. The molecule has 1 heterocycles. The minimum Gasteiger partial charge on any atom is -0.273 e. The second-order valence-corrected chi connectivity index (χ2v) is 11.1. The molecule has 5 aliphatic rings. The van der Waals surface area contributed by atoms with Crippen LogP contribution in [-0.4, -0.2) is 11.8 Å². The van der Waals surface area contributed by atoms with Crippen LogP contribution >= 0.6 is 11.3 Å². The standard InChI is InChI=1S/C22H30N2O2S/c1-13-2-3-18-17(4-13)8-19(27-18)21(26)24-23-20(25)12-22-9-14-5-15(10-22)7-16(6-14)11-22/h8,13-16H,2-7,9-12H2,1H3,(H,23,25)(H,24,26). The van der Waals surface area contributed by atoms with Crippen molar-refractivity contribution in [1.82, 2.24) is 10.9 Å². The van der Waals surface area contributed by atoms with E-state index < -0.39 is 0 Å². The summed E-state index contributed by atoms with van der Waals surface area (Å²) in [6.07, 6.45) is 11.7. The van der Waals surface area contributed by atoms with Gasteiger partial charge in [-0.25, -0.2) is 0 Å². The van der Waals surface area contributed by atoms with Gasteiger partial charge in [0.15, 0.2) is 0 Å². The Morgan fingerprint density at radius 1 is 1.11 bits per heavy atom. The van der Waals surface area contributed by atoms with Crippen LogP contribution in [0.25, 0.3) is 0 Å². The van der Waals surface area contributed by atoms with E-state index in [1.54, 1.807) is 11.3 Å². The van der Waals surface area contributed by atoms with Gasteiger partial charge in [-0.3, -0.25) is 20.4 Å². The van der Waals surface area contributed by atoms with Gasteiger partial charge in [-0.2, -0.15) is 0 Å². The Hall–Kier alpha value is -1.36. The van der Waals surface area contributed by atoms with E-state index in [0.29, 0.717) is 12.3 Å². The molecule has 0 radical (unpaired) electrons. The third kappa shape index (κ3) is 3.43. The van der Waals surface area contributed by atoms with E-state index in [1.165, 1.54) is 55.4 Å². The zero-order valence-electron chi connectivity index (χ0n) is 16.2. The number of hydrogen-bond acceptors (Lipinski definition) is 3. The molecule has 1 unspecified atom stereocenters. The molecule has 5 aliphatic carbocycles. The summed E-state index contributed by atoms with van der Waals surface area (Å²) < 4.78 is 0. The molecule has 27 heavy (non-hydrogen) atoms. The molecule has 0 aliphatic heterocycles. The van der Waals surface area contributed by atoms with Gasteiger partial charge in [0.25, 0.3) is 5.91 Å². The van der Waals surface area contributed by atoms with Crippen LogP contribution in [0.4, 0.5) is 0 Å². The Morgan fingerprint density at radius 2 is 1.78 bits per heavy atom. The van der Waals surface area contributed by atoms with Crippen LogP contribution in [0.2, 0.25) is 0 Å². The Kier molecular flexibility index (Phi) is 4.34. The molecule has 4 nitrogen and oxygen atoms in total. The van der Waals surface area contributed by atoms with E-state index in [0.717, 1.165) is 35.5 Å². The lowest BCUT2D eigenvalue weighted by Crippen LogP contribution is -2.50. The number of thiophene rings is 1. The average Bonchev–Trinajstić information content (AvgIpc) is 3.01. The van der Waals surface area contributed by atoms with Gasteiger partial charge in [0.2, 0.25) is 5.91 Å². The monoisotopic (exact) mass is 386 g/mol. The molecule has 0 aromatic carbocycles. The van der Waals surface area contributed by atoms with Crippen molar-refractivity contribution in [3.8, 4) is 0 Å². The molecule has 2 N–H and O–H groups in total. The predicted octanol–water partition coefficient (Wildman–Crippen LogP) is 4.24. The van der Waals surface area contributed by atoms with E-state index >= 15 is 0 Å². The fourth-order valence-corrected chi connectivity index (χ4v) is 8.00. The topological polar surface area (TPSA) is 58.2 Å². The van der Waals surface area contributed by atoms with Crippen molar-refractivity contribution in [3.63, 3.8) is 0 Å². The highest BCUT2D eigenvalue weighted by Crippen LogP contribution is 2.61. The maximum absolute atomic E-state index is 12.6. The first kappa shape index (κ1) is 17.7. The van der Waals surface area contributed by atoms with Crippen LogP contribution in [0.3, 0.4) is 0 Å². The third-order valence-electron chi connectivity index (χ3n) is 7.57. The van der Waals surface area contributed by atoms with E-state index in [9.17, 15) is 9.59 Å². The lowest BCUT2D eigenvalue weighted by Gasteiger charge is -2.56. The number of hydrogen-bond donors (Lipinski definition) is 2. The first-order valence-corrected chi connectivity index (χ1v) is 11.5. The Labute approximate surface area is 165 Å². The Bertz CT molecular complexity index is 733. The van der Waals surface area contributed by atoms with E-state index in [-0.39, 0.29) is 17.2 Å². The summed E-state index contributed by atoms with van der Waals surface area (Å²) in [5.74, 6) is 3.06. The van der Waals surface area contributed by atoms with Crippen molar-refractivity contribution in [1.29, 1.82) is 0 Å². The molecule has 1 aromatic rings. The molecule has 4 saturated carbocycles. The fraction of sp³-hybridized carbons (Fsp3) is 0.727. The Morgan fingerprint density at radius 3 is 2.44 bits per heavy atom. The summed E-state index contributed by atoms with van der Waals surface area (Å²) in [5.41, 5.74) is 6.92. The zero-order valence-corrected chi connectivity index (χ0v) is 17.0. The number of nitrogens with one attached hydrogen (secondary N) is 2. The number of aryl methyl sites for hydroxylation is 1. The SMILES string of the molecule is CC1CCc2sc(C(=O)NNC(=O)CC34CC5CC(CC(C5)C3)C4)cc2C1. The first-order valence-electron chi connectivity index (χ1n) is 10.7. The summed E-state index contributed by atoms with van der Waals surface area (Å²) >= 11 is 1.59. The number of carbonyl (C=O) groups is 2. The number of rotatable bonds is 3. The third-order valence-corrected chi connectivity index (χ3v) is 8.80. The molecule has 4 bridgehead atoms. The molecule has 2 amide bonds. The van der Waals surface area contributed by atoms with Crippen molar-refractivity contribution in [3.05, 3.63) is 21.4 Å². The van der Waals surface area contributed by atoms with Crippen LogP contribution in [0.5, 0.6) is 0 Å². The second kappa shape index (κ2) is 6.61. The van der Waals surface area contributed by atoms with Crippen molar-refractivity contribution in [2.75, 3.05) is 0 Å². The van der Waals surface area contributed by atoms with Crippen molar-refractivity contribution in [2.45, 2.75) is 71.1 Å². The molecule has 0 spiro atoms. The molecule has 5 heteroatoms. The van der Waals surface area contributed by atoms with Gasteiger partial charge >= 0.3 is 0 Å². The average molecular weight is 387 g/mol. The van der Waals surface area contributed by atoms with E-state index in [1.807, 2.05) is 6.07 Å². The zero-order chi connectivity index (χ0) is 18.6. The van der Waals surface area contributed by atoms with Crippen LogP contribution in [0, 0.1) is 29.1 Å². The maximum Gasteiger partial charge on any atom is 0.279 e. The second-order valence-electron chi connectivity index (χ2n) is 10.0. The summed E-state index contributed by atoms with van der Waals surface area (Å²) in [7, 11) is 0. The number of fused-ring (bicyclic) bond motifs is 1. The molecular weight excluding hydrogens is 356 g/mol. The maximum atomic E-state index is 12.6. The molecule has 146 valence electrons. The summed E-state index contributed by atoms with van der Waals surface area (Å²) in [4.78, 5) is 27.1. The molecule has 1 atom stereocenters. The summed E-state index contributed by atoms with van der Waals surface area (Å²) in [6.45, 7) is 2.27. The smallest absolute Gasteiger partial charge is 0.273 e. The van der Waals surface area contributed by atoms with E-state index in [2.05, 4.69) is 17.8 Å². The molecular formula is C22H30N2O2S. The lowest BCUT2D eigenvalue weighted by molar-refractivity contribution is -0.130. The van der Waals surface area contributed by atoms with Crippen molar-refractivity contribution < 1.29 is 9.59 Å². The van der Waals surface area contributed by atoms with Crippen LogP contribution in [-0.2, 0) is 17.6 Å². The molecule has 0 saturated heterocycles. The van der Waals surface area contributed by atoms with Gasteiger partial charge in [0, 0.05) is 11.3 Å². The molecule has 4 fully saturated rings. The lowest BCUT2D eigenvalue weighted by atomic mass is 9.49. The summed E-state index contributed by atoms with van der Waals surface area (Å²) in [6, 6.07) is 2.02. The fourth-order valence-electron chi connectivity index (χ4n) is 6.90. The highest BCUT2D eigenvalue weighted by molar-refractivity contribution is 7.14. The van der Waals surface area contributed by atoms with Gasteiger partial charge in [0.1, 0.15) is 0 Å². The van der Waals surface area contributed by atoms with Gasteiger partial charge < -0.3 is 0 Å². The number of amides is 2. The van der Waals surface area contributed by atoms with E-state index in [4.69, 9.17) is 0 Å². The molecule has 1 aromatic heterocycles. The normalized spacial score (nSPS) is 36.3. The highest BCUT2D eigenvalue weighted by atomic mass is 32.1. The minimum absolute atomic E-state index is 0.0137. The van der Waals surface area contributed by atoms with Gasteiger partial charge in [0.05, 0.1) is 4.88 Å².